The Balaban J connectivity index is 1.83. The van der Waals surface area contributed by atoms with Gasteiger partial charge in [0.15, 0.2) is 0 Å². The maximum absolute atomic E-state index is 13.1. The van der Waals surface area contributed by atoms with Gasteiger partial charge in [-0.15, -0.1) is 0 Å². The van der Waals surface area contributed by atoms with Crippen LogP contribution < -0.4 is 5.32 Å². The summed E-state index contributed by atoms with van der Waals surface area (Å²) >= 11 is 5.98. The van der Waals surface area contributed by atoms with E-state index >= 15 is 0 Å². The molecule has 1 spiro atoms. The Labute approximate surface area is 173 Å². The second-order valence-electron chi connectivity index (χ2n) is 8.22. The zero-order valence-electron chi connectivity index (χ0n) is 17.0. The van der Waals surface area contributed by atoms with Gasteiger partial charge in [-0.1, -0.05) is 38.4 Å². The van der Waals surface area contributed by atoms with Crippen LogP contribution in [0.3, 0.4) is 0 Å². The zero-order valence-corrected chi connectivity index (χ0v) is 18.6. The van der Waals surface area contributed by atoms with Crippen molar-refractivity contribution in [2.24, 2.45) is 5.92 Å². The van der Waals surface area contributed by atoms with Gasteiger partial charge in [-0.3, -0.25) is 10.1 Å². The van der Waals surface area contributed by atoms with Crippen molar-refractivity contribution < 1.29 is 13.2 Å². The molecule has 3 rings (SSSR count). The average molecular weight is 428 g/mol. The molecule has 0 radical (unpaired) electrons. The first-order valence-electron chi connectivity index (χ1n) is 9.99. The molecule has 2 atom stereocenters. The topological polar surface area (TPSA) is 69.7 Å². The minimum Gasteiger partial charge on any atom is -0.320 e. The lowest BCUT2D eigenvalue weighted by atomic mass is 9.95. The molecule has 8 heteroatoms. The zero-order chi connectivity index (χ0) is 20.7. The number of carbonyl (C=O) groups excluding carboxylic acids is 1. The molecule has 0 unspecified atom stereocenters. The lowest BCUT2D eigenvalue weighted by molar-refractivity contribution is -0.136. The van der Waals surface area contributed by atoms with Crippen molar-refractivity contribution in [3.05, 3.63) is 29.3 Å². The molecule has 0 aromatic heterocycles. The molecule has 2 heterocycles. The molecule has 2 aliphatic rings. The van der Waals surface area contributed by atoms with Crippen LogP contribution in [-0.2, 0) is 14.8 Å². The van der Waals surface area contributed by atoms with E-state index in [0.29, 0.717) is 31.0 Å². The van der Waals surface area contributed by atoms with Crippen molar-refractivity contribution in [1.82, 2.24) is 14.5 Å². The largest absolute Gasteiger partial charge is 0.320 e. The number of benzene rings is 1. The van der Waals surface area contributed by atoms with Gasteiger partial charge in [0, 0.05) is 24.2 Å². The van der Waals surface area contributed by atoms with Gasteiger partial charge in [0.2, 0.25) is 15.9 Å². The highest BCUT2D eigenvalue weighted by molar-refractivity contribution is 7.89. The maximum Gasteiger partial charge on any atom is 0.243 e. The summed E-state index contributed by atoms with van der Waals surface area (Å²) in [5.74, 6) is 0.321. The van der Waals surface area contributed by atoms with Crippen LogP contribution in [0.15, 0.2) is 29.2 Å². The fourth-order valence-electron chi connectivity index (χ4n) is 4.31. The third kappa shape index (κ3) is 3.70. The van der Waals surface area contributed by atoms with E-state index in [0.717, 1.165) is 6.42 Å². The molecule has 6 nitrogen and oxygen atoms in total. The van der Waals surface area contributed by atoms with E-state index in [1.807, 2.05) is 18.7 Å². The number of amides is 1. The van der Waals surface area contributed by atoms with E-state index in [1.54, 1.807) is 18.2 Å². The summed E-state index contributed by atoms with van der Waals surface area (Å²) in [6.45, 7) is 8.97. The van der Waals surface area contributed by atoms with Gasteiger partial charge < -0.3 is 4.90 Å². The molecule has 1 amide bonds. The highest BCUT2D eigenvalue weighted by Crippen LogP contribution is 2.37. The van der Waals surface area contributed by atoms with E-state index < -0.39 is 15.7 Å². The summed E-state index contributed by atoms with van der Waals surface area (Å²) in [7, 11) is -3.60. The molecule has 2 fully saturated rings. The molecule has 2 aliphatic heterocycles. The highest BCUT2D eigenvalue weighted by Gasteiger charge is 2.54. The van der Waals surface area contributed by atoms with Crippen molar-refractivity contribution in [2.75, 3.05) is 13.1 Å². The van der Waals surface area contributed by atoms with Crippen molar-refractivity contribution in [2.45, 2.75) is 69.6 Å². The van der Waals surface area contributed by atoms with Gasteiger partial charge in [0.05, 0.1) is 16.6 Å². The molecule has 1 aromatic rings. The molecular formula is C20H30ClN3O3S. The third-order valence-electron chi connectivity index (χ3n) is 6.07. The Morgan fingerprint density at radius 1 is 1.25 bits per heavy atom. The molecule has 156 valence electrons. The molecule has 0 saturated carbocycles. The maximum atomic E-state index is 13.1. The number of rotatable bonds is 5. The SMILES string of the molecule is CC[C@H](C)N1C(=O)[C@@H](C(C)C)NC12CCN(S(=O)(=O)c1cccc(Cl)c1)CC2. The smallest absolute Gasteiger partial charge is 0.243 e. The summed E-state index contributed by atoms with van der Waals surface area (Å²) < 4.78 is 27.5. The van der Waals surface area contributed by atoms with Crippen LogP contribution in [0.1, 0.15) is 47.0 Å². The van der Waals surface area contributed by atoms with Crippen LogP contribution in [0.2, 0.25) is 5.02 Å². The molecule has 1 aromatic carbocycles. The number of hydrogen-bond donors (Lipinski definition) is 1. The predicted molar refractivity (Wildman–Crippen MR) is 111 cm³/mol. The van der Waals surface area contributed by atoms with Gasteiger partial charge in [-0.2, -0.15) is 4.31 Å². The first kappa shape index (κ1) is 21.6. The number of piperidine rings is 1. The number of carbonyl (C=O) groups is 1. The second kappa shape index (κ2) is 7.94. The Kier molecular flexibility index (Phi) is 6.11. The van der Waals surface area contributed by atoms with E-state index in [2.05, 4.69) is 19.2 Å². The lowest BCUT2D eigenvalue weighted by Gasteiger charge is -2.46. The first-order chi connectivity index (χ1) is 13.1. The van der Waals surface area contributed by atoms with Crippen LogP contribution in [0.5, 0.6) is 0 Å². The van der Waals surface area contributed by atoms with Crippen LogP contribution in [0.25, 0.3) is 0 Å². The minimum atomic E-state index is -3.60. The first-order valence-corrected chi connectivity index (χ1v) is 11.8. The summed E-state index contributed by atoms with van der Waals surface area (Å²) in [5.41, 5.74) is -0.470. The van der Waals surface area contributed by atoms with Crippen LogP contribution in [0.4, 0.5) is 0 Å². The van der Waals surface area contributed by atoms with E-state index in [9.17, 15) is 13.2 Å². The Hall–Kier alpha value is -1.15. The van der Waals surface area contributed by atoms with Crippen LogP contribution >= 0.6 is 11.6 Å². The number of hydrogen-bond acceptors (Lipinski definition) is 4. The molecule has 0 bridgehead atoms. The van der Waals surface area contributed by atoms with Gasteiger partial charge in [0.25, 0.3) is 0 Å². The standard InChI is InChI=1S/C20H30ClN3O3S/c1-5-15(4)24-19(25)18(14(2)3)22-20(24)9-11-23(12-10-20)28(26,27)17-8-6-7-16(21)13-17/h6-8,13-15,18,22H,5,9-12H2,1-4H3/t15-,18+/m0/s1. The number of nitrogens with zero attached hydrogens (tertiary/aromatic N) is 2. The Bertz CT molecular complexity index is 835. The fourth-order valence-corrected chi connectivity index (χ4v) is 6.06. The highest BCUT2D eigenvalue weighted by atomic mass is 35.5. The van der Waals surface area contributed by atoms with Gasteiger partial charge in [-0.25, -0.2) is 8.42 Å². The van der Waals surface area contributed by atoms with Gasteiger partial charge in [-0.05, 0) is 50.3 Å². The Morgan fingerprint density at radius 2 is 1.89 bits per heavy atom. The summed E-state index contributed by atoms with van der Waals surface area (Å²) in [5, 5.41) is 3.98. The van der Waals surface area contributed by atoms with Gasteiger partial charge >= 0.3 is 0 Å². The fraction of sp³-hybridized carbons (Fsp3) is 0.650. The summed E-state index contributed by atoms with van der Waals surface area (Å²) in [6.07, 6.45) is 2.02. The van der Waals surface area contributed by atoms with E-state index in [1.165, 1.54) is 10.4 Å². The monoisotopic (exact) mass is 427 g/mol. The summed E-state index contributed by atoms with van der Waals surface area (Å²) in [6, 6.07) is 6.26. The quantitative estimate of drug-likeness (QED) is 0.783. The summed E-state index contributed by atoms with van der Waals surface area (Å²) in [4.78, 5) is 15.3. The molecule has 0 aliphatic carbocycles. The third-order valence-corrected chi connectivity index (χ3v) is 8.20. The second-order valence-corrected chi connectivity index (χ2v) is 10.6. The lowest BCUT2D eigenvalue weighted by Crippen LogP contribution is -2.61. The van der Waals surface area contributed by atoms with Crippen LogP contribution in [0, 0.1) is 5.92 Å². The van der Waals surface area contributed by atoms with Crippen LogP contribution in [-0.4, -0.2) is 54.4 Å². The van der Waals surface area contributed by atoms with Gasteiger partial charge in [0.1, 0.15) is 0 Å². The Morgan fingerprint density at radius 3 is 2.43 bits per heavy atom. The molecule has 2 saturated heterocycles. The molecule has 1 N–H and O–H groups in total. The average Bonchev–Trinajstić information content (AvgIpc) is 2.93. The predicted octanol–water partition coefficient (Wildman–Crippen LogP) is 3.08. The molecular weight excluding hydrogens is 398 g/mol. The normalized spacial score (nSPS) is 24.3. The van der Waals surface area contributed by atoms with Crippen molar-refractivity contribution in [1.29, 1.82) is 0 Å². The number of nitrogens with one attached hydrogen (secondary N) is 1. The van der Waals surface area contributed by atoms with Crippen molar-refractivity contribution >= 4 is 27.5 Å². The van der Waals surface area contributed by atoms with Crippen molar-refractivity contribution in [3.63, 3.8) is 0 Å². The van der Waals surface area contributed by atoms with E-state index in [4.69, 9.17) is 11.6 Å². The minimum absolute atomic E-state index is 0.111. The van der Waals surface area contributed by atoms with Crippen molar-refractivity contribution in [3.8, 4) is 0 Å². The molecule has 28 heavy (non-hydrogen) atoms. The van der Waals surface area contributed by atoms with E-state index in [-0.39, 0.29) is 28.8 Å². The number of halogens is 1. The number of sulfonamides is 1.